The first-order valence-electron chi connectivity index (χ1n) is 8.66. The number of nitrogens with zero attached hydrogens (tertiary/aromatic N) is 4. The zero-order valence-electron chi connectivity index (χ0n) is 14.9. The van der Waals surface area contributed by atoms with Crippen molar-refractivity contribution >= 4 is 11.9 Å². The van der Waals surface area contributed by atoms with Crippen molar-refractivity contribution in [3.8, 4) is 11.4 Å². The maximum Gasteiger partial charge on any atom is 0.317 e. The summed E-state index contributed by atoms with van der Waals surface area (Å²) in [7, 11) is 1.77. The summed E-state index contributed by atoms with van der Waals surface area (Å²) >= 11 is 0. The van der Waals surface area contributed by atoms with Gasteiger partial charge in [-0.15, -0.1) is 0 Å². The number of likely N-dealkylation sites (tertiary alicyclic amines) is 1. The highest BCUT2D eigenvalue weighted by molar-refractivity contribution is 5.81. The van der Waals surface area contributed by atoms with E-state index in [0.29, 0.717) is 44.2 Å². The van der Waals surface area contributed by atoms with Gasteiger partial charge >= 0.3 is 6.03 Å². The molecule has 0 radical (unpaired) electrons. The molecule has 1 aromatic carbocycles. The van der Waals surface area contributed by atoms with Crippen molar-refractivity contribution in [2.75, 3.05) is 26.7 Å². The standard InChI is InChI=1S/C18H21N5O3/c1-12-5-3-4-6-13(12)16-20-14(26-21-16)7-8-15(24)23-10-18(11-23)9-19-17(25)22(18)2/h3-6H,7-11H2,1-2H3,(H,19,25). The molecule has 2 aliphatic heterocycles. The van der Waals surface area contributed by atoms with Gasteiger partial charge in [-0.3, -0.25) is 4.79 Å². The van der Waals surface area contributed by atoms with Gasteiger partial charge in [-0.1, -0.05) is 29.4 Å². The number of urea groups is 1. The molecule has 3 amide bonds. The molecule has 0 aliphatic carbocycles. The first-order chi connectivity index (χ1) is 12.5. The number of hydrogen-bond acceptors (Lipinski definition) is 5. The summed E-state index contributed by atoms with van der Waals surface area (Å²) in [5, 5.41) is 6.83. The van der Waals surface area contributed by atoms with Crippen molar-refractivity contribution in [1.82, 2.24) is 25.3 Å². The van der Waals surface area contributed by atoms with E-state index in [1.807, 2.05) is 31.2 Å². The lowest BCUT2D eigenvalue weighted by atomic mass is 9.89. The van der Waals surface area contributed by atoms with Gasteiger partial charge in [0.15, 0.2) is 0 Å². The van der Waals surface area contributed by atoms with Gasteiger partial charge in [0.25, 0.3) is 0 Å². The van der Waals surface area contributed by atoms with Crippen LogP contribution in [0, 0.1) is 6.92 Å². The summed E-state index contributed by atoms with van der Waals surface area (Å²) in [6.45, 7) is 3.72. The number of likely N-dealkylation sites (N-methyl/N-ethyl adjacent to an activating group) is 1. The Labute approximate surface area is 151 Å². The topological polar surface area (TPSA) is 91.6 Å². The number of aryl methyl sites for hydroxylation is 2. The zero-order chi connectivity index (χ0) is 18.3. The van der Waals surface area contributed by atoms with Crippen LogP contribution >= 0.6 is 0 Å². The number of rotatable bonds is 4. The van der Waals surface area contributed by atoms with Crippen LogP contribution in [0.3, 0.4) is 0 Å². The molecule has 136 valence electrons. The predicted octanol–water partition coefficient (Wildman–Crippen LogP) is 1.21. The molecule has 1 spiro atoms. The van der Waals surface area contributed by atoms with E-state index in [2.05, 4.69) is 15.5 Å². The fraction of sp³-hybridized carbons (Fsp3) is 0.444. The van der Waals surface area contributed by atoms with Crippen LogP contribution in [0.4, 0.5) is 4.79 Å². The molecule has 0 saturated carbocycles. The monoisotopic (exact) mass is 355 g/mol. The minimum absolute atomic E-state index is 0.0408. The molecule has 2 aliphatic rings. The number of carbonyl (C=O) groups is 2. The highest BCUT2D eigenvalue weighted by Gasteiger charge is 2.53. The summed E-state index contributed by atoms with van der Waals surface area (Å²) in [5.41, 5.74) is 1.76. The molecule has 8 heteroatoms. The van der Waals surface area contributed by atoms with Gasteiger partial charge in [-0.05, 0) is 12.5 Å². The number of hydrogen-bond donors (Lipinski definition) is 1. The molecule has 26 heavy (non-hydrogen) atoms. The smallest absolute Gasteiger partial charge is 0.317 e. The Bertz CT molecular complexity index is 856. The van der Waals surface area contributed by atoms with E-state index in [9.17, 15) is 9.59 Å². The molecule has 8 nitrogen and oxygen atoms in total. The second-order valence-corrected chi connectivity index (χ2v) is 7.02. The maximum atomic E-state index is 12.4. The highest BCUT2D eigenvalue weighted by atomic mass is 16.5. The van der Waals surface area contributed by atoms with Crippen LogP contribution in [0.2, 0.25) is 0 Å². The van der Waals surface area contributed by atoms with E-state index in [0.717, 1.165) is 11.1 Å². The SMILES string of the molecule is Cc1ccccc1-c1noc(CCC(=O)N2CC3(CNC(=O)N3C)C2)n1. The third-order valence-corrected chi connectivity index (χ3v) is 5.31. The number of nitrogens with one attached hydrogen (secondary N) is 1. The van der Waals surface area contributed by atoms with Crippen LogP contribution in [0.5, 0.6) is 0 Å². The van der Waals surface area contributed by atoms with Crippen LogP contribution in [-0.4, -0.2) is 64.1 Å². The lowest BCUT2D eigenvalue weighted by molar-refractivity contribution is -0.141. The van der Waals surface area contributed by atoms with E-state index >= 15 is 0 Å². The first-order valence-corrected chi connectivity index (χ1v) is 8.66. The summed E-state index contributed by atoms with van der Waals surface area (Å²) in [5.74, 6) is 1.05. The lowest BCUT2D eigenvalue weighted by Crippen LogP contribution is -2.70. The van der Waals surface area contributed by atoms with Crippen LogP contribution < -0.4 is 5.32 Å². The van der Waals surface area contributed by atoms with Gasteiger partial charge in [0.1, 0.15) is 0 Å². The van der Waals surface area contributed by atoms with E-state index in [1.54, 1.807) is 16.8 Å². The van der Waals surface area contributed by atoms with Crippen molar-refractivity contribution in [2.45, 2.75) is 25.3 Å². The minimum atomic E-state index is -0.241. The molecule has 2 aromatic rings. The molecule has 2 fully saturated rings. The molecule has 1 aromatic heterocycles. The Morgan fingerprint density at radius 1 is 1.35 bits per heavy atom. The van der Waals surface area contributed by atoms with Gasteiger partial charge < -0.3 is 19.6 Å². The maximum absolute atomic E-state index is 12.4. The Hall–Kier alpha value is -2.90. The molecule has 0 unspecified atom stereocenters. The Balaban J connectivity index is 1.32. The summed E-state index contributed by atoms with van der Waals surface area (Å²) in [4.78, 5) is 31.8. The lowest BCUT2D eigenvalue weighted by Gasteiger charge is -2.50. The van der Waals surface area contributed by atoms with Crippen molar-refractivity contribution in [1.29, 1.82) is 0 Å². The number of carbonyl (C=O) groups excluding carboxylic acids is 2. The molecular weight excluding hydrogens is 334 g/mol. The molecule has 0 bridgehead atoms. The second-order valence-electron chi connectivity index (χ2n) is 7.02. The number of benzene rings is 1. The minimum Gasteiger partial charge on any atom is -0.339 e. The van der Waals surface area contributed by atoms with Gasteiger partial charge in [-0.2, -0.15) is 4.98 Å². The zero-order valence-corrected chi connectivity index (χ0v) is 14.9. The largest absolute Gasteiger partial charge is 0.339 e. The van der Waals surface area contributed by atoms with E-state index in [4.69, 9.17) is 4.52 Å². The van der Waals surface area contributed by atoms with E-state index in [-0.39, 0.29) is 17.5 Å². The fourth-order valence-corrected chi connectivity index (χ4v) is 3.52. The van der Waals surface area contributed by atoms with Crippen LogP contribution in [0.1, 0.15) is 17.9 Å². The number of amides is 3. The molecule has 4 rings (SSSR count). The number of aromatic nitrogens is 2. The quantitative estimate of drug-likeness (QED) is 0.890. The van der Waals surface area contributed by atoms with E-state index in [1.165, 1.54) is 0 Å². The van der Waals surface area contributed by atoms with Crippen molar-refractivity contribution in [2.24, 2.45) is 0 Å². The molecular formula is C18H21N5O3. The third kappa shape index (κ3) is 2.71. The highest BCUT2D eigenvalue weighted by Crippen LogP contribution is 2.30. The van der Waals surface area contributed by atoms with Gasteiger partial charge in [0.2, 0.25) is 17.6 Å². The van der Waals surface area contributed by atoms with Crippen LogP contribution in [-0.2, 0) is 11.2 Å². The van der Waals surface area contributed by atoms with Gasteiger partial charge in [0, 0.05) is 45.1 Å². The Morgan fingerprint density at radius 3 is 2.81 bits per heavy atom. The van der Waals surface area contributed by atoms with E-state index < -0.39 is 0 Å². The van der Waals surface area contributed by atoms with Gasteiger partial charge in [-0.25, -0.2) is 4.79 Å². The predicted molar refractivity (Wildman–Crippen MR) is 93.3 cm³/mol. The molecule has 0 atom stereocenters. The van der Waals surface area contributed by atoms with Crippen LogP contribution in [0.25, 0.3) is 11.4 Å². The normalized spacial score (nSPS) is 18.2. The first kappa shape index (κ1) is 16.6. The fourth-order valence-electron chi connectivity index (χ4n) is 3.52. The molecule has 2 saturated heterocycles. The van der Waals surface area contributed by atoms with Crippen molar-refractivity contribution in [3.05, 3.63) is 35.7 Å². The van der Waals surface area contributed by atoms with Crippen LogP contribution in [0.15, 0.2) is 28.8 Å². The Kier molecular flexibility index (Phi) is 3.90. The average Bonchev–Trinajstić information content (AvgIpc) is 3.18. The third-order valence-electron chi connectivity index (χ3n) is 5.31. The summed E-state index contributed by atoms with van der Waals surface area (Å²) in [6.07, 6.45) is 0.727. The summed E-state index contributed by atoms with van der Waals surface area (Å²) < 4.78 is 5.29. The second kappa shape index (κ2) is 6.12. The Morgan fingerprint density at radius 2 is 2.12 bits per heavy atom. The molecule has 3 heterocycles. The average molecular weight is 355 g/mol. The summed E-state index contributed by atoms with van der Waals surface area (Å²) in [6, 6.07) is 7.76. The van der Waals surface area contributed by atoms with Crippen molar-refractivity contribution < 1.29 is 14.1 Å². The molecule has 1 N–H and O–H groups in total. The van der Waals surface area contributed by atoms with Gasteiger partial charge in [0.05, 0.1) is 5.54 Å². The van der Waals surface area contributed by atoms with Crippen molar-refractivity contribution in [3.63, 3.8) is 0 Å².